The first kappa shape index (κ1) is 14.7. The van der Waals surface area contributed by atoms with Gasteiger partial charge in [0.15, 0.2) is 5.82 Å². The van der Waals surface area contributed by atoms with Crippen LogP contribution in [0, 0.1) is 6.92 Å². The summed E-state index contributed by atoms with van der Waals surface area (Å²) < 4.78 is 10.3. The zero-order valence-electron chi connectivity index (χ0n) is 13.1. The Morgan fingerprint density at radius 2 is 2.18 bits per heavy atom. The van der Waals surface area contributed by atoms with Crippen LogP contribution in [0.25, 0.3) is 0 Å². The Morgan fingerprint density at radius 1 is 1.36 bits per heavy atom. The van der Waals surface area contributed by atoms with Crippen LogP contribution in [0.2, 0.25) is 0 Å². The van der Waals surface area contributed by atoms with E-state index in [1.807, 2.05) is 13.8 Å². The first-order chi connectivity index (χ1) is 10.5. The van der Waals surface area contributed by atoms with Gasteiger partial charge in [-0.15, -0.1) is 0 Å². The van der Waals surface area contributed by atoms with Gasteiger partial charge in [-0.2, -0.15) is 4.98 Å². The number of rotatable bonds is 3. The van der Waals surface area contributed by atoms with Crippen LogP contribution in [0.5, 0.6) is 0 Å². The molecular weight excluding hydrogens is 284 g/mol. The summed E-state index contributed by atoms with van der Waals surface area (Å²) in [5, 5.41) is 7.84. The highest BCUT2D eigenvalue weighted by molar-refractivity contribution is 5.91. The third kappa shape index (κ3) is 2.88. The summed E-state index contributed by atoms with van der Waals surface area (Å²) in [5.74, 6) is 1.81. The van der Waals surface area contributed by atoms with E-state index in [-0.39, 0.29) is 23.5 Å². The van der Waals surface area contributed by atoms with E-state index in [9.17, 15) is 4.79 Å². The van der Waals surface area contributed by atoms with E-state index in [4.69, 9.17) is 9.05 Å². The Kier molecular flexibility index (Phi) is 3.96. The lowest BCUT2D eigenvalue weighted by atomic mass is 9.97. The van der Waals surface area contributed by atoms with E-state index in [0.717, 1.165) is 12.8 Å². The van der Waals surface area contributed by atoms with E-state index in [1.165, 1.54) is 0 Å². The maximum Gasteiger partial charge on any atom is 0.292 e. The van der Waals surface area contributed by atoms with Crippen LogP contribution < -0.4 is 0 Å². The smallest absolute Gasteiger partial charge is 0.292 e. The van der Waals surface area contributed by atoms with Crippen molar-refractivity contribution in [2.75, 3.05) is 13.1 Å². The van der Waals surface area contributed by atoms with Crippen LogP contribution in [-0.2, 0) is 0 Å². The van der Waals surface area contributed by atoms with E-state index >= 15 is 0 Å². The van der Waals surface area contributed by atoms with Crippen molar-refractivity contribution in [2.24, 2.45) is 0 Å². The molecule has 1 saturated heterocycles. The van der Waals surface area contributed by atoms with E-state index in [1.54, 1.807) is 17.9 Å². The molecule has 0 spiro atoms. The first-order valence-corrected chi connectivity index (χ1v) is 7.60. The molecule has 1 aliphatic rings. The minimum Gasteiger partial charge on any atom is -0.351 e. The summed E-state index contributed by atoms with van der Waals surface area (Å²) in [6.07, 6.45) is 1.87. The Labute approximate surface area is 128 Å². The average Bonchev–Trinajstić information content (AvgIpc) is 3.15. The van der Waals surface area contributed by atoms with Gasteiger partial charge in [0.05, 0.1) is 5.69 Å². The number of carbonyl (C=O) groups excluding carboxylic acids is 1. The molecule has 1 atom stereocenters. The van der Waals surface area contributed by atoms with Crippen molar-refractivity contribution in [3.05, 3.63) is 29.2 Å². The average molecular weight is 304 g/mol. The highest BCUT2D eigenvalue weighted by atomic mass is 16.5. The molecule has 0 N–H and O–H groups in total. The molecule has 1 unspecified atom stereocenters. The van der Waals surface area contributed by atoms with E-state index in [0.29, 0.717) is 30.5 Å². The van der Waals surface area contributed by atoms with Gasteiger partial charge in [-0.3, -0.25) is 4.79 Å². The number of amides is 1. The number of aromatic nitrogens is 3. The lowest BCUT2D eigenvalue weighted by molar-refractivity contribution is 0.0661. The molecule has 2 aromatic rings. The van der Waals surface area contributed by atoms with E-state index in [2.05, 4.69) is 15.3 Å². The van der Waals surface area contributed by atoms with E-state index < -0.39 is 0 Å². The predicted octanol–water partition coefficient (Wildman–Crippen LogP) is 2.51. The molecule has 1 fully saturated rings. The van der Waals surface area contributed by atoms with Gasteiger partial charge < -0.3 is 13.9 Å². The fraction of sp³-hybridized carbons (Fsp3) is 0.600. The third-order valence-electron chi connectivity index (χ3n) is 3.86. The Balaban J connectivity index is 1.72. The first-order valence-electron chi connectivity index (χ1n) is 7.60. The minimum absolute atomic E-state index is 0.109. The van der Waals surface area contributed by atoms with Crippen LogP contribution in [0.1, 0.15) is 66.5 Å². The van der Waals surface area contributed by atoms with Gasteiger partial charge in [0, 0.05) is 31.0 Å². The fourth-order valence-corrected chi connectivity index (χ4v) is 2.64. The zero-order valence-corrected chi connectivity index (χ0v) is 13.1. The van der Waals surface area contributed by atoms with Gasteiger partial charge in [-0.1, -0.05) is 24.2 Å². The largest absolute Gasteiger partial charge is 0.351 e. The molecule has 7 heteroatoms. The Morgan fingerprint density at radius 3 is 2.82 bits per heavy atom. The molecule has 1 amide bonds. The summed E-state index contributed by atoms with van der Waals surface area (Å²) in [6, 6.07) is 1.66. The predicted molar refractivity (Wildman–Crippen MR) is 77.5 cm³/mol. The number of likely N-dealkylation sites (tertiary alicyclic amines) is 1. The molecule has 2 aromatic heterocycles. The normalized spacial score (nSPS) is 18.9. The molecule has 0 radical (unpaired) electrons. The highest BCUT2D eigenvalue weighted by Crippen LogP contribution is 2.27. The van der Waals surface area contributed by atoms with Crippen LogP contribution >= 0.6 is 0 Å². The van der Waals surface area contributed by atoms with Gasteiger partial charge in [-0.05, 0) is 19.8 Å². The second-order valence-electron chi connectivity index (χ2n) is 6.07. The molecule has 7 nitrogen and oxygen atoms in total. The van der Waals surface area contributed by atoms with Crippen molar-refractivity contribution in [3.63, 3.8) is 0 Å². The summed E-state index contributed by atoms with van der Waals surface area (Å²) in [6.45, 7) is 7.12. The Hall–Kier alpha value is -2.18. The van der Waals surface area contributed by atoms with Gasteiger partial charge in [0.2, 0.25) is 11.7 Å². The van der Waals surface area contributed by atoms with Crippen LogP contribution in [0.3, 0.4) is 0 Å². The zero-order chi connectivity index (χ0) is 15.7. The molecule has 0 saturated carbocycles. The van der Waals surface area contributed by atoms with Crippen molar-refractivity contribution in [1.82, 2.24) is 20.2 Å². The van der Waals surface area contributed by atoms with Gasteiger partial charge in [0.25, 0.3) is 5.91 Å². The number of hydrogen-bond donors (Lipinski definition) is 0. The maximum atomic E-state index is 12.4. The molecule has 1 aliphatic heterocycles. The molecule has 0 bridgehead atoms. The molecule has 118 valence electrons. The summed E-state index contributed by atoms with van der Waals surface area (Å²) >= 11 is 0. The number of aryl methyl sites for hydroxylation is 1. The second-order valence-corrected chi connectivity index (χ2v) is 6.07. The van der Waals surface area contributed by atoms with Crippen molar-refractivity contribution in [2.45, 2.75) is 45.4 Å². The molecule has 3 heterocycles. The summed E-state index contributed by atoms with van der Waals surface area (Å²) in [7, 11) is 0. The fourth-order valence-electron chi connectivity index (χ4n) is 2.64. The summed E-state index contributed by atoms with van der Waals surface area (Å²) in [5.41, 5.74) is 0.705. The summed E-state index contributed by atoms with van der Waals surface area (Å²) in [4.78, 5) is 18.7. The van der Waals surface area contributed by atoms with Gasteiger partial charge in [-0.25, -0.2) is 0 Å². The van der Waals surface area contributed by atoms with Gasteiger partial charge in [0.1, 0.15) is 0 Å². The monoisotopic (exact) mass is 304 g/mol. The van der Waals surface area contributed by atoms with Crippen molar-refractivity contribution in [3.8, 4) is 0 Å². The standard InChI is InChI=1S/C15H20N4O3/c1-9(2)14-16-13(18-22-14)11-5-4-6-19(8-11)15(20)12-7-10(3)17-21-12/h7,9,11H,4-6,8H2,1-3H3. The number of piperidine rings is 1. The topological polar surface area (TPSA) is 85.3 Å². The third-order valence-corrected chi connectivity index (χ3v) is 3.86. The number of nitrogens with zero attached hydrogens (tertiary/aromatic N) is 4. The lowest BCUT2D eigenvalue weighted by Gasteiger charge is -2.30. The SMILES string of the molecule is Cc1cc(C(=O)N2CCCC(c3noc(C(C)C)n3)C2)on1. The Bertz CT molecular complexity index is 661. The quantitative estimate of drug-likeness (QED) is 0.866. The number of hydrogen-bond acceptors (Lipinski definition) is 6. The highest BCUT2D eigenvalue weighted by Gasteiger charge is 2.30. The molecular formula is C15H20N4O3. The van der Waals surface area contributed by atoms with Crippen molar-refractivity contribution < 1.29 is 13.8 Å². The molecule has 0 aromatic carbocycles. The molecule has 22 heavy (non-hydrogen) atoms. The van der Waals surface area contributed by atoms with Crippen LogP contribution in [-0.4, -0.2) is 39.2 Å². The van der Waals surface area contributed by atoms with Crippen LogP contribution in [0.15, 0.2) is 15.1 Å². The van der Waals surface area contributed by atoms with Gasteiger partial charge >= 0.3 is 0 Å². The maximum absolute atomic E-state index is 12.4. The second kappa shape index (κ2) is 5.90. The lowest BCUT2D eigenvalue weighted by Crippen LogP contribution is -2.39. The number of carbonyl (C=O) groups is 1. The molecule has 3 rings (SSSR count). The van der Waals surface area contributed by atoms with Crippen LogP contribution in [0.4, 0.5) is 0 Å². The van der Waals surface area contributed by atoms with Crippen molar-refractivity contribution >= 4 is 5.91 Å². The minimum atomic E-state index is -0.127. The molecule has 0 aliphatic carbocycles. The van der Waals surface area contributed by atoms with Crippen molar-refractivity contribution in [1.29, 1.82) is 0 Å².